The summed E-state index contributed by atoms with van der Waals surface area (Å²) in [5.74, 6) is -0.762. The molecule has 0 saturated carbocycles. The number of ether oxygens (including phenoxy) is 1. The second kappa shape index (κ2) is 5.89. The van der Waals surface area contributed by atoms with Gasteiger partial charge in [-0.05, 0) is 47.7 Å². The Balaban J connectivity index is 2.54. The fourth-order valence-electron chi connectivity index (χ4n) is 1.01. The highest BCUT2D eigenvalue weighted by Crippen LogP contribution is 2.16. The molecule has 82 valence electrons. The van der Waals surface area contributed by atoms with Gasteiger partial charge in [0.15, 0.2) is 0 Å². The van der Waals surface area contributed by atoms with Gasteiger partial charge in [-0.3, -0.25) is 4.79 Å². The summed E-state index contributed by atoms with van der Waals surface area (Å²) in [5.41, 5.74) is 0.309. The number of hydrogen-bond acceptors (Lipinski definition) is 3. The molecule has 0 radical (unpaired) electrons. The van der Waals surface area contributed by atoms with Crippen LogP contribution in [0.2, 0.25) is 0 Å². The Kier molecular flexibility index (Phi) is 4.80. The molecular weight excluding hydrogens is 312 g/mol. The molecule has 3 nitrogen and oxygen atoms in total. The summed E-state index contributed by atoms with van der Waals surface area (Å²) in [4.78, 5) is 11.0. The van der Waals surface area contributed by atoms with Gasteiger partial charge in [-0.25, -0.2) is 4.39 Å². The van der Waals surface area contributed by atoms with Crippen LogP contribution in [0.3, 0.4) is 0 Å². The van der Waals surface area contributed by atoms with Crippen molar-refractivity contribution < 1.29 is 13.9 Å². The van der Waals surface area contributed by atoms with Crippen molar-refractivity contribution in [2.24, 2.45) is 0 Å². The molecule has 1 aromatic carbocycles. The molecule has 0 spiro atoms. The molecule has 0 aliphatic rings. The minimum absolute atomic E-state index is 0.0225. The van der Waals surface area contributed by atoms with Crippen LogP contribution in [0.4, 0.5) is 10.1 Å². The first-order valence-corrected chi connectivity index (χ1v) is 5.56. The van der Waals surface area contributed by atoms with Crippen molar-refractivity contribution in [2.75, 3.05) is 18.5 Å². The van der Waals surface area contributed by atoms with Gasteiger partial charge >= 0.3 is 5.97 Å². The largest absolute Gasteiger partial charge is 0.465 e. The summed E-state index contributed by atoms with van der Waals surface area (Å²) in [7, 11) is 0. The molecule has 15 heavy (non-hydrogen) atoms. The van der Waals surface area contributed by atoms with E-state index in [2.05, 4.69) is 5.32 Å². The Hall–Kier alpha value is -0.850. The monoisotopic (exact) mass is 323 g/mol. The van der Waals surface area contributed by atoms with Gasteiger partial charge < -0.3 is 10.1 Å². The summed E-state index contributed by atoms with van der Waals surface area (Å²) >= 11 is 2.02. The van der Waals surface area contributed by atoms with Crippen molar-refractivity contribution in [1.29, 1.82) is 0 Å². The number of carbonyl (C=O) groups excluding carboxylic acids is 1. The third-order valence-electron chi connectivity index (χ3n) is 1.66. The Morgan fingerprint density at radius 1 is 1.60 bits per heavy atom. The summed E-state index contributed by atoms with van der Waals surface area (Å²) in [6.45, 7) is 2.03. The average molecular weight is 323 g/mol. The normalized spacial score (nSPS) is 9.80. The second-order valence-corrected chi connectivity index (χ2v) is 4.03. The lowest BCUT2D eigenvalue weighted by molar-refractivity contribution is -0.140. The highest BCUT2D eigenvalue weighted by Gasteiger charge is 2.05. The zero-order valence-corrected chi connectivity index (χ0v) is 10.4. The molecule has 1 rings (SSSR count). The number of hydrogen-bond donors (Lipinski definition) is 1. The van der Waals surface area contributed by atoms with E-state index >= 15 is 0 Å². The quantitative estimate of drug-likeness (QED) is 0.683. The van der Waals surface area contributed by atoms with E-state index in [-0.39, 0.29) is 12.4 Å². The molecule has 1 aromatic rings. The standard InChI is InChI=1S/C10H11FINO2/c1-2-15-10(14)6-13-9-4-3-7(12)5-8(9)11/h3-5,13H,2,6H2,1H3. The number of anilines is 1. The van der Waals surface area contributed by atoms with Gasteiger partial charge in [0.1, 0.15) is 12.4 Å². The van der Waals surface area contributed by atoms with E-state index in [0.29, 0.717) is 12.3 Å². The van der Waals surface area contributed by atoms with Crippen LogP contribution in [0.15, 0.2) is 18.2 Å². The summed E-state index contributed by atoms with van der Waals surface area (Å²) in [6.07, 6.45) is 0. The molecule has 5 heteroatoms. The van der Waals surface area contributed by atoms with E-state index in [1.165, 1.54) is 6.07 Å². The topological polar surface area (TPSA) is 38.3 Å². The highest BCUT2D eigenvalue weighted by molar-refractivity contribution is 14.1. The smallest absolute Gasteiger partial charge is 0.325 e. The Bertz CT molecular complexity index is 357. The van der Waals surface area contributed by atoms with Crippen LogP contribution < -0.4 is 5.32 Å². The maximum Gasteiger partial charge on any atom is 0.325 e. The average Bonchev–Trinajstić information content (AvgIpc) is 2.17. The van der Waals surface area contributed by atoms with Gasteiger partial charge in [0.2, 0.25) is 0 Å². The molecule has 1 N–H and O–H groups in total. The van der Waals surface area contributed by atoms with Gasteiger partial charge in [-0.15, -0.1) is 0 Å². The van der Waals surface area contributed by atoms with Crippen molar-refractivity contribution in [1.82, 2.24) is 0 Å². The van der Waals surface area contributed by atoms with Crippen molar-refractivity contribution in [3.8, 4) is 0 Å². The zero-order chi connectivity index (χ0) is 11.3. The van der Waals surface area contributed by atoms with E-state index in [0.717, 1.165) is 3.57 Å². The maximum absolute atomic E-state index is 13.3. The third kappa shape index (κ3) is 4.03. The van der Waals surface area contributed by atoms with Crippen molar-refractivity contribution in [3.05, 3.63) is 27.6 Å². The molecule has 0 bridgehead atoms. The van der Waals surface area contributed by atoms with Crippen LogP contribution in [0.1, 0.15) is 6.92 Å². The predicted molar refractivity (Wildman–Crippen MR) is 64.2 cm³/mol. The first kappa shape index (κ1) is 12.2. The maximum atomic E-state index is 13.3. The second-order valence-electron chi connectivity index (χ2n) is 2.78. The number of halogens is 2. The molecule has 0 saturated heterocycles. The van der Waals surface area contributed by atoms with E-state index in [9.17, 15) is 9.18 Å². The Labute approximate surface area is 101 Å². The first-order valence-electron chi connectivity index (χ1n) is 4.48. The van der Waals surface area contributed by atoms with Crippen molar-refractivity contribution in [2.45, 2.75) is 6.92 Å². The lowest BCUT2D eigenvalue weighted by Gasteiger charge is -2.06. The Morgan fingerprint density at radius 3 is 2.93 bits per heavy atom. The lowest BCUT2D eigenvalue weighted by atomic mass is 10.3. The van der Waals surface area contributed by atoms with Crippen LogP contribution in [-0.2, 0) is 9.53 Å². The number of esters is 1. The molecule has 0 aromatic heterocycles. The molecule has 0 fully saturated rings. The van der Waals surface area contributed by atoms with E-state index in [1.807, 2.05) is 22.6 Å². The van der Waals surface area contributed by atoms with Crippen LogP contribution >= 0.6 is 22.6 Å². The molecule has 0 amide bonds. The number of carbonyl (C=O) groups is 1. The minimum atomic E-state index is -0.393. The SMILES string of the molecule is CCOC(=O)CNc1ccc(I)cc1F. The zero-order valence-electron chi connectivity index (χ0n) is 8.22. The number of rotatable bonds is 4. The third-order valence-corrected chi connectivity index (χ3v) is 2.33. The van der Waals surface area contributed by atoms with Crippen molar-refractivity contribution >= 4 is 34.2 Å². The van der Waals surface area contributed by atoms with Crippen LogP contribution in [0, 0.1) is 9.39 Å². The summed E-state index contributed by atoms with van der Waals surface area (Å²) < 4.78 is 18.8. The molecule has 0 aliphatic carbocycles. The van der Waals surface area contributed by atoms with Gasteiger partial charge in [0.25, 0.3) is 0 Å². The molecule has 0 aliphatic heterocycles. The fourth-order valence-corrected chi connectivity index (χ4v) is 1.47. The van der Waals surface area contributed by atoms with Gasteiger partial charge in [0.05, 0.1) is 12.3 Å². The molecule has 0 atom stereocenters. The molecule has 0 heterocycles. The van der Waals surface area contributed by atoms with E-state index < -0.39 is 5.97 Å². The van der Waals surface area contributed by atoms with Crippen molar-refractivity contribution in [3.63, 3.8) is 0 Å². The number of benzene rings is 1. The predicted octanol–water partition coefficient (Wildman–Crippen LogP) is 2.41. The van der Waals surface area contributed by atoms with E-state index in [1.54, 1.807) is 19.1 Å². The first-order chi connectivity index (χ1) is 7.13. The highest BCUT2D eigenvalue weighted by atomic mass is 127. The fraction of sp³-hybridized carbons (Fsp3) is 0.300. The minimum Gasteiger partial charge on any atom is -0.465 e. The van der Waals surface area contributed by atoms with Crippen LogP contribution in [-0.4, -0.2) is 19.1 Å². The number of nitrogens with one attached hydrogen (secondary N) is 1. The van der Waals surface area contributed by atoms with Gasteiger partial charge in [-0.1, -0.05) is 0 Å². The molecule has 0 unspecified atom stereocenters. The van der Waals surface area contributed by atoms with Gasteiger partial charge in [-0.2, -0.15) is 0 Å². The molecular formula is C10H11FINO2. The van der Waals surface area contributed by atoms with E-state index in [4.69, 9.17) is 4.74 Å². The van der Waals surface area contributed by atoms with Crippen LogP contribution in [0.25, 0.3) is 0 Å². The summed E-state index contributed by atoms with van der Waals surface area (Å²) in [6, 6.07) is 4.75. The Morgan fingerprint density at radius 2 is 2.33 bits per heavy atom. The van der Waals surface area contributed by atoms with Gasteiger partial charge in [0, 0.05) is 3.57 Å². The summed E-state index contributed by atoms with van der Waals surface area (Å²) in [5, 5.41) is 2.67. The van der Waals surface area contributed by atoms with Crippen LogP contribution in [0.5, 0.6) is 0 Å². The lowest BCUT2D eigenvalue weighted by Crippen LogP contribution is -2.17.